The average molecular weight is 306 g/mol. The number of rotatable bonds is 6. The minimum Gasteiger partial charge on any atom is -0.344 e. The molecule has 1 fully saturated rings. The molecule has 0 unspecified atom stereocenters. The van der Waals surface area contributed by atoms with Crippen LogP contribution in [-0.2, 0) is 6.42 Å². The molecule has 1 atom stereocenters. The highest BCUT2D eigenvalue weighted by Gasteiger charge is 2.27. The lowest BCUT2D eigenvalue weighted by Gasteiger charge is -2.37. The van der Waals surface area contributed by atoms with E-state index >= 15 is 0 Å². The summed E-state index contributed by atoms with van der Waals surface area (Å²) in [5, 5.41) is 10.2. The van der Waals surface area contributed by atoms with E-state index in [1.807, 2.05) is 6.07 Å². The smallest absolute Gasteiger partial charge is 0.272 e. The molecule has 1 aromatic rings. The van der Waals surface area contributed by atoms with Gasteiger partial charge in [0, 0.05) is 24.3 Å². The summed E-state index contributed by atoms with van der Waals surface area (Å²) in [5.41, 5.74) is 1.26. The number of amides is 1. The van der Waals surface area contributed by atoms with Crippen molar-refractivity contribution in [1.29, 1.82) is 0 Å². The predicted octanol–water partition coefficient (Wildman–Crippen LogP) is 2.60. The maximum atomic E-state index is 12.4. The molecule has 2 N–H and O–H groups in total. The minimum absolute atomic E-state index is 0.0892. The van der Waals surface area contributed by atoms with Gasteiger partial charge in [0.15, 0.2) is 0 Å². The zero-order valence-corrected chi connectivity index (χ0v) is 14.4. The van der Waals surface area contributed by atoms with Crippen LogP contribution >= 0.6 is 0 Å². The van der Waals surface area contributed by atoms with Gasteiger partial charge in [0.05, 0.1) is 0 Å². The van der Waals surface area contributed by atoms with Gasteiger partial charge in [-0.2, -0.15) is 5.10 Å². The van der Waals surface area contributed by atoms with Gasteiger partial charge < -0.3 is 10.2 Å². The van der Waals surface area contributed by atoms with Gasteiger partial charge in [-0.25, -0.2) is 0 Å². The highest BCUT2D eigenvalue weighted by atomic mass is 16.2. The van der Waals surface area contributed by atoms with Crippen LogP contribution in [0, 0.1) is 5.92 Å². The van der Waals surface area contributed by atoms with E-state index in [9.17, 15) is 4.79 Å². The Kier molecular flexibility index (Phi) is 5.62. The highest BCUT2D eigenvalue weighted by Crippen LogP contribution is 2.18. The molecule has 1 aliphatic heterocycles. The summed E-state index contributed by atoms with van der Waals surface area (Å²) in [6, 6.07) is 1.86. The van der Waals surface area contributed by atoms with Crippen LogP contribution < -0.4 is 5.32 Å². The molecule has 1 amide bonds. The molecule has 0 radical (unpaired) electrons. The van der Waals surface area contributed by atoms with Gasteiger partial charge in [0.25, 0.3) is 5.91 Å². The molecule has 0 bridgehead atoms. The number of nitrogens with zero attached hydrogens (tertiary/aromatic N) is 2. The van der Waals surface area contributed by atoms with E-state index in [4.69, 9.17) is 0 Å². The summed E-state index contributed by atoms with van der Waals surface area (Å²) >= 11 is 0. The molecule has 1 aliphatic rings. The van der Waals surface area contributed by atoms with E-state index < -0.39 is 0 Å². The first-order chi connectivity index (χ1) is 10.4. The summed E-state index contributed by atoms with van der Waals surface area (Å²) in [6.07, 6.45) is 4.54. The van der Waals surface area contributed by atoms with Crippen LogP contribution in [0.3, 0.4) is 0 Å². The van der Waals surface area contributed by atoms with E-state index in [0.717, 1.165) is 44.1 Å². The minimum atomic E-state index is -0.252. The number of carbonyl (C=O) groups excluding carboxylic acids is 1. The number of likely N-dealkylation sites (tertiary alicyclic amines) is 1. The third kappa shape index (κ3) is 4.83. The van der Waals surface area contributed by atoms with Gasteiger partial charge in [-0.1, -0.05) is 20.3 Å². The van der Waals surface area contributed by atoms with Crippen molar-refractivity contribution in [1.82, 2.24) is 20.4 Å². The lowest BCUT2D eigenvalue weighted by Crippen LogP contribution is -2.53. The summed E-state index contributed by atoms with van der Waals surface area (Å²) < 4.78 is 0. The summed E-state index contributed by atoms with van der Waals surface area (Å²) in [6.45, 7) is 11.7. The quantitative estimate of drug-likeness (QED) is 0.849. The van der Waals surface area contributed by atoms with E-state index in [-0.39, 0.29) is 11.4 Å². The van der Waals surface area contributed by atoms with E-state index in [1.165, 1.54) is 12.8 Å². The number of H-pyrrole nitrogens is 1. The van der Waals surface area contributed by atoms with Gasteiger partial charge in [-0.05, 0) is 51.6 Å². The zero-order chi connectivity index (χ0) is 16.2. The first kappa shape index (κ1) is 17.0. The largest absolute Gasteiger partial charge is 0.344 e. The Hall–Kier alpha value is -1.36. The van der Waals surface area contributed by atoms with Crippen LogP contribution in [0.2, 0.25) is 0 Å². The SMILES string of the molecule is CCCc1cc(C(=O)NC(C)(C)CN2CCC[C@@H](C)C2)n[nH]1. The molecular weight excluding hydrogens is 276 g/mol. The molecule has 0 saturated carbocycles. The molecular formula is C17H30N4O. The summed E-state index contributed by atoms with van der Waals surface area (Å²) in [4.78, 5) is 14.8. The van der Waals surface area contributed by atoms with Crippen molar-refractivity contribution in [3.8, 4) is 0 Å². The Balaban J connectivity index is 1.90. The number of nitrogens with one attached hydrogen (secondary N) is 2. The number of piperidine rings is 1. The number of aromatic amines is 1. The Labute approximate surface area is 133 Å². The topological polar surface area (TPSA) is 61.0 Å². The van der Waals surface area contributed by atoms with Crippen LogP contribution in [0.25, 0.3) is 0 Å². The van der Waals surface area contributed by atoms with Crippen molar-refractivity contribution in [3.05, 3.63) is 17.5 Å². The van der Waals surface area contributed by atoms with Gasteiger partial charge in [0.2, 0.25) is 0 Å². The fourth-order valence-corrected chi connectivity index (χ4v) is 3.28. The van der Waals surface area contributed by atoms with Gasteiger partial charge in [-0.15, -0.1) is 0 Å². The second-order valence-corrected chi connectivity index (χ2v) is 7.35. The fraction of sp³-hybridized carbons (Fsp3) is 0.765. The van der Waals surface area contributed by atoms with Crippen molar-refractivity contribution >= 4 is 5.91 Å². The zero-order valence-electron chi connectivity index (χ0n) is 14.4. The van der Waals surface area contributed by atoms with Gasteiger partial charge >= 0.3 is 0 Å². The van der Waals surface area contributed by atoms with E-state index in [1.54, 1.807) is 0 Å². The number of aryl methyl sites for hydroxylation is 1. The fourth-order valence-electron chi connectivity index (χ4n) is 3.28. The van der Waals surface area contributed by atoms with E-state index in [2.05, 4.69) is 48.1 Å². The first-order valence-electron chi connectivity index (χ1n) is 8.49. The molecule has 1 saturated heterocycles. The standard InChI is InChI=1S/C17H30N4O/c1-5-7-14-10-15(20-19-14)16(22)18-17(3,4)12-21-9-6-8-13(2)11-21/h10,13H,5-9,11-12H2,1-4H3,(H,18,22)(H,19,20)/t13-/m1/s1. The molecule has 1 aromatic heterocycles. The molecule has 0 aromatic carbocycles. The molecule has 5 nitrogen and oxygen atoms in total. The summed E-state index contributed by atoms with van der Waals surface area (Å²) in [5.74, 6) is 0.664. The molecule has 124 valence electrons. The molecule has 2 rings (SSSR count). The predicted molar refractivity (Wildman–Crippen MR) is 89.0 cm³/mol. The van der Waals surface area contributed by atoms with E-state index in [0.29, 0.717) is 5.69 Å². The third-order valence-electron chi connectivity index (χ3n) is 4.19. The Morgan fingerprint density at radius 1 is 1.55 bits per heavy atom. The van der Waals surface area contributed by atoms with Crippen LogP contribution in [0.4, 0.5) is 0 Å². The molecule has 0 aliphatic carbocycles. The molecule has 5 heteroatoms. The second kappa shape index (κ2) is 7.27. The van der Waals surface area contributed by atoms with Crippen LogP contribution in [0.5, 0.6) is 0 Å². The van der Waals surface area contributed by atoms with Crippen LogP contribution in [-0.4, -0.2) is 46.2 Å². The van der Waals surface area contributed by atoms with Crippen molar-refractivity contribution in [2.45, 2.75) is 58.9 Å². The number of hydrogen-bond acceptors (Lipinski definition) is 3. The monoisotopic (exact) mass is 306 g/mol. The number of carbonyl (C=O) groups is 1. The van der Waals surface area contributed by atoms with Crippen LogP contribution in [0.15, 0.2) is 6.07 Å². The van der Waals surface area contributed by atoms with Crippen molar-refractivity contribution in [2.75, 3.05) is 19.6 Å². The maximum absolute atomic E-state index is 12.4. The Bertz CT molecular complexity index is 495. The lowest BCUT2D eigenvalue weighted by molar-refractivity contribution is 0.0858. The third-order valence-corrected chi connectivity index (χ3v) is 4.19. The van der Waals surface area contributed by atoms with Crippen molar-refractivity contribution in [3.63, 3.8) is 0 Å². The Morgan fingerprint density at radius 2 is 2.32 bits per heavy atom. The lowest BCUT2D eigenvalue weighted by atomic mass is 9.97. The highest BCUT2D eigenvalue weighted by molar-refractivity contribution is 5.92. The number of aromatic nitrogens is 2. The Morgan fingerprint density at radius 3 is 3.00 bits per heavy atom. The van der Waals surface area contributed by atoms with Gasteiger partial charge in [0.1, 0.15) is 5.69 Å². The van der Waals surface area contributed by atoms with Crippen LogP contribution in [0.1, 0.15) is 63.1 Å². The van der Waals surface area contributed by atoms with Crippen molar-refractivity contribution in [2.24, 2.45) is 5.92 Å². The maximum Gasteiger partial charge on any atom is 0.272 e. The van der Waals surface area contributed by atoms with Gasteiger partial charge in [-0.3, -0.25) is 9.89 Å². The second-order valence-electron chi connectivity index (χ2n) is 7.35. The average Bonchev–Trinajstić information content (AvgIpc) is 2.86. The first-order valence-corrected chi connectivity index (χ1v) is 8.49. The molecule has 22 heavy (non-hydrogen) atoms. The summed E-state index contributed by atoms with van der Waals surface area (Å²) in [7, 11) is 0. The van der Waals surface area contributed by atoms with Crippen molar-refractivity contribution < 1.29 is 4.79 Å². The number of hydrogen-bond donors (Lipinski definition) is 2. The normalized spacial score (nSPS) is 20.1. The molecule has 2 heterocycles. The molecule has 0 spiro atoms.